The molecule has 0 saturated heterocycles. The molecule has 0 N–H and O–H groups in total. The molecular formula is C10H20. The van der Waals surface area contributed by atoms with Crippen LogP contribution in [-0.4, -0.2) is 0 Å². The van der Waals surface area contributed by atoms with E-state index in [2.05, 4.69) is 33.8 Å². The van der Waals surface area contributed by atoms with Gasteiger partial charge in [0.05, 0.1) is 0 Å². The van der Waals surface area contributed by atoms with E-state index < -0.39 is 0 Å². The summed E-state index contributed by atoms with van der Waals surface area (Å²) in [5.74, 6) is 0.833. The van der Waals surface area contributed by atoms with E-state index in [4.69, 9.17) is 0 Å². The molecule has 0 saturated carbocycles. The minimum absolute atomic E-state index is 0.833. The molecule has 0 aromatic rings. The van der Waals surface area contributed by atoms with Crippen LogP contribution in [0.1, 0.15) is 47.0 Å². The van der Waals surface area contributed by atoms with Gasteiger partial charge < -0.3 is 0 Å². The SMILES string of the molecule is CC(C)C.CC1=CCCC1. The second kappa shape index (κ2) is 5.52. The fourth-order valence-electron chi connectivity index (χ4n) is 0.831. The van der Waals surface area contributed by atoms with Crippen LogP contribution in [0.25, 0.3) is 0 Å². The molecule has 0 aromatic carbocycles. The number of hydrogen-bond acceptors (Lipinski definition) is 0. The van der Waals surface area contributed by atoms with Crippen LogP contribution in [0.15, 0.2) is 11.6 Å². The first-order valence-electron chi connectivity index (χ1n) is 4.28. The molecule has 0 heteroatoms. The lowest BCUT2D eigenvalue weighted by Crippen LogP contribution is -1.66. The lowest BCUT2D eigenvalue weighted by molar-refractivity contribution is 0.737. The summed E-state index contributed by atoms with van der Waals surface area (Å²) in [6.45, 7) is 8.70. The predicted molar refractivity (Wildman–Crippen MR) is 48.1 cm³/mol. The highest BCUT2D eigenvalue weighted by Crippen LogP contribution is 2.15. The molecule has 1 aliphatic carbocycles. The number of rotatable bonds is 0. The number of hydrogen-bond donors (Lipinski definition) is 0. The summed E-state index contributed by atoms with van der Waals surface area (Å²) in [5.41, 5.74) is 1.58. The Bertz CT molecular complexity index is 95.9. The summed E-state index contributed by atoms with van der Waals surface area (Å²) >= 11 is 0. The maximum absolute atomic E-state index is 2.32. The standard InChI is InChI=1S/C6H10.C4H10/c1-6-4-2-3-5-6;1-4(2)3/h4H,2-3,5H2,1H3;4H,1-3H3. The Kier molecular flexibility index (Phi) is 5.38. The quantitative estimate of drug-likeness (QED) is 0.449. The third-order valence-corrected chi connectivity index (χ3v) is 1.27. The van der Waals surface area contributed by atoms with Gasteiger partial charge in [-0.15, -0.1) is 0 Å². The molecule has 0 spiro atoms. The van der Waals surface area contributed by atoms with E-state index in [9.17, 15) is 0 Å². The molecule has 0 fully saturated rings. The first-order valence-corrected chi connectivity index (χ1v) is 4.28. The van der Waals surface area contributed by atoms with Crippen LogP contribution < -0.4 is 0 Å². The van der Waals surface area contributed by atoms with Gasteiger partial charge in [0.2, 0.25) is 0 Å². The van der Waals surface area contributed by atoms with E-state index in [-0.39, 0.29) is 0 Å². The first kappa shape index (κ1) is 9.74. The highest BCUT2D eigenvalue weighted by Gasteiger charge is 1.94. The maximum Gasteiger partial charge on any atom is -0.0320 e. The zero-order valence-electron chi connectivity index (χ0n) is 7.78. The molecule has 1 aliphatic rings. The van der Waals surface area contributed by atoms with E-state index in [1.165, 1.54) is 19.3 Å². The maximum atomic E-state index is 2.32. The van der Waals surface area contributed by atoms with Crippen LogP contribution in [0.4, 0.5) is 0 Å². The lowest BCUT2D eigenvalue weighted by atomic mass is 10.3. The number of allylic oxidation sites excluding steroid dienone is 2. The first-order chi connectivity index (χ1) is 4.63. The molecule has 1 rings (SSSR count). The summed E-state index contributed by atoms with van der Waals surface area (Å²) in [6, 6.07) is 0. The van der Waals surface area contributed by atoms with Crippen LogP contribution in [0, 0.1) is 5.92 Å². The van der Waals surface area contributed by atoms with Gasteiger partial charge in [-0.05, 0) is 32.1 Å². The van der Waals surface area contributed by atoms with Crippen molar-refractivity contribution in [3.8, 4) is 0 Å². The van der Waals surface area contributed by atoms with Crippen molar-refractivity contribution >= 4 is 0 Å². The van der Waals surface area contributed by atoms with Crippen LogP contribution in [0.3, 0.4) is 0 Å². The lowest BCUT2D eigenvalue weighted by Gasteiger charge is -1.79. The van der Waals surface area contributed by atoms with Gasteiger partial charge in [-0.2, -0.15) is 0 Å². The molecule has 0 nitrogen and oxygen atoms in total. The third-order valence-electron chi connectivity index (χ3n) is 1.27. The van der Waals surface area contributed by atoms with Gasteiger partial charge in [-0.25, -0.2) is 0 Å². The van der Waals surface area contributed by atoms with E-state index in [0.29, 0.717) is 0 Å². The van der Waals surface area contributed by atoms with Gasteiger partial charge in [0, 0.05) is 0 Å². The zero-order valence-corrected chi connectivity index (χ0v) is 7.78. The third kappa shape index (κ3) is 7.74. The molecule has 60 valence electrons. The van der Waals surface area contributed by atoms with Crippen molar-refractivity contribution in [3.63, 3.8) is 0 Å². The molecule has 10 heavy (non-hydrogen) atoms. The molecule has 0 unspecified atom stereocenters. The second-order valence-corrected chi connectivity index (χ2v) is 3.67. The molecule has 0 aliphatic heterocycles. The molecular weight excluding hydrogens is 120 g/mol. The average molecular weight is 140 g/mol. The average Bonchev–Trinajstić information content (AvgIpc) is 2.15. The fraction of sp³-hybridized carbons (Fsp3) is 0.800. The normalized spacial score (nSPS) is 16.3. The fourth-order valence-corrected chi connectivity index (χ4v) is 0.831. The van der Waals surface area contributed by atoms with E-state index in [1.807, 2.05) is 0 Å². The summed E-state index contributed by atoms with van der Waals surface area (Å²) in [6.07, 6.45) is 6.39. The summed E-state index contributed by atoms with van der Waals surface area (Å²) < 4.78 is 0. The molecule has 0 radical (unpaired) electrons. The van der Waals surface area contributed by atoms with Gasteiger partial charge in [-0.1, -0.05) is 32.4 Å². The van der Waals surface area contributed by atoms with Crippen molar-refractivity contribution in [1.82, 2.24) is 0 Å². The Morgan fingerprint density at radius 1 is 1.30 bits per heavy atom. The summed E-state index contributed by atoms with van der Waals surface area (Å²) in [7, 11) is 0. The molecule has 0 amide bonds. The van der Waals surface area contributed by atoms with E-state index in [0.717, 1.165) is 5.92 Å². The summed E-state index contributed by atoms with van der Waals surface area (Å²) in [5, 5.41) is 0. The van der Waals surface area contributed by atoms with Gasteiger partial charge in [0.25, 0.3) is 0 Å². The zero-order chi connectivity index (χ0) is 7.98. The highest BCUT2D eigenvalue weighted by molar-refractivity contribution is 5.02. The monoisotopic (exact) mass is 140 g/mol. The Morgan fingerprint density at radius 2 is 1.80 bits per heavy atom. The minimum Gasteiger partial charge on any atom is -0.0856 e. The Balaban J connectivity index is 0.000000180. The topological polar surface area (TPSA) is 0 Å². The second-order valence-electron chi connectivity index (χ2n) is 3.67. The Morgan fingerprint density at radius 3 is 1.90 bits per heavy atom. The van der Waals surface area contributed by atoms with Gasteiger partial charge in [0.15, 0.2) is 0 Å². The highest BCUT2D eigenvalue weighted by atomic mass is 14.0. The summed E-state index contributed by atoms with van der Waals surface area (Å²) in [4.78, 5) is 0. The van der Waals surface area contributed by atoms with E-state index in [1.54, 1.807) is 5.57 Å². The van der Waals surface area contributed by atoms with Crippen molar-refractivity contribution < 1.29 is 0 Å². The Hall–Kier alpha value is -0.260. The molecule has 0 atom stereocenters. The van der Waals surface area contributed by atoms with Crippen LogP contribution in [0.2, 0.25) is 0 Å². The smallest absolute Gasteiger partial charge is 0.0320 e. The van der Waals surface area contributed by atoms with E-state index >= 15 is 0 Å². The minimum atomic E-state index is 0.833. The Labute approximate surface area is 65.3 Å². The van der Waals surface area contributed by atoms with Gasteiger partial charge >= 0.3 is 0 Å². The largest absolute Gasteiger partial charge is 0.0856 e. The van der Waals surface area contributed by atoms with Crippen LogP contribution in [0.5, 0.6) is 0 Å². The van der Waals surface area contributed by atoms with Crippen molar-refractivity contribution in [2.24, 2.45) is 5.92 Å². The molecule has 0 heterocycles. The van der Waals surface area contributed by atoms with Crippen LogP contribution in [-0.2, 0) is 0 Å². The van der Waals surface area contributed by atoms with Gasteiger partial charge in [0.1, 0.15) is 0 Å². The van der Waals surface area contributed by atoms with Gasteiger partial charge in [-0.3, -0.25) is 0 Å². The van der Waals surface area contributed by atoms with Crippen molar-refractivity contribution in [3.05, 3.63) is 11.6 Å². The van der Waals surface area contributed by atoms with Crippen molar-refractivity contribution in [2.75, 3.05) is 0 Å². The molecule has 0 aromatic heterocycles. The van der Waals surface area contributed by atoms with Crippen molar-refractivity contribution in [2.45, 2.75) is 47.0 Å². The van der Waals surface area contributed by atoms with Crippen molar-refractivity contribution in [1.29, 1.82) is 0 Å². The molecule has 0 bridgehead atoms. The predicted octanol–water partition coefficient (Wildman–Crippen LogP) is 3.78. The van der Waals surface area contributed by atoms with Crippen LogP contribution >= 0.6 is 0 Å².